The fourth-order valence-corrected chi connectivity index (χ4v) is 4.17. The summed E-state index contributed by atoms with van der Waals surface area (Å²) < 4.78 is 39.6. The summed E-state index contributed by atoms with van der Waals surface area (Å²) in [5.74, 6) is -0.891. The Kier molecular flexibility index (Phi) is 8.10. The Morgan fingerprint density at radius 2 is 1.67 bits per heavy atom. The molecule has 0 unspecified atom stereocenters. The van der Waals surface area contributed by atoms with Crippen molar-refractivity contribution in [3.8, 4) is 5.75 Å². The van der Waals surface area contributed by atoms with Crippen molar-refractivity contribution in [2.45, 2.75) is 63.5 Å². The van der Waals surface area contributed by atoms with Gasteiger partial charge in [0.1, 0.15) is 30.7 Å². The molecule has 2 aromatic rings. The van der Waals surface area contributed by atoms with Crippen LogP contribution in [0.4, 0.5) is 4.79 Å². The van der Waals surface area contributed by atoms with Gasteiger partial charge in [0, 0.05) is 0 Å². The lowest BCUT2D eigenvalue weighted by Crippen LogP contribution is -2.54. The molecule has 10 heteroatoms. The summed E-state index contributed by atoms with van der Waals surface area (Å²) in [6, 6.07) is 15.4. The first-order valence-electron chi connectivity index (χ1n) is 11.6. The zero-order chi connectivity index (χ0) is 25.7. The Balaban J connectivity index is 1.48. The van der Waals surface area contributed by atoms with E-state index in [1.807, 2.05) is 54.6 Å². The van der Waals surface area contributed by atoms with E-state index in [1.165, 1.54) is 7.11 Å². The lowest BCUT2D eigenvalue weighted by atomic mass is 10.0. The van der Waals surface area contributed by atoms with Crippen molar-refractivity contribution in [3.05, 3.63) is 65.7 Å². The van der Waals surface area contributed by atoms with E-state index in [2.05, 4.69) is 5.32 Å². The topological polar surface area (TPSA) is 111 Å². The number of rotatable bonds is 9. The summed E-state index contributed by atoms with van der Waals surface area (Å²) in [5.41, 5.74) is 1.68. The number of esters is 1. The number of fused-ring (bicyclic) bond motifs is 1. The van der Waals surface area contributed by atoms with Crippen LogP contribution in [0.25, 0.3) is 0 Å². The fourth-order valence-electron chi connectivity index (χ4n) is 4.17. The third kappa shape index (κ3) is 6.14. The normalized spacial score (nSPS) is 25.0. The number of ether oxygens (including phenoxy) is 7. The van der Waals surface area contributed by atoms with Crippen molar-refractivity contribution in [2.24, 2.45) is 0 Å². The van der Waals surface area contributed by atoms with E-state index in [0.29, 0.717) is 0 Å². The van der Waals surface area contributed by atoms with Crippen molar-refractivity contribution in [2.75, 3.05) is 14.2 Å². The van der Waals surface area contributed by atoms with Gasteiger partial charge in [0.25, 0.3) is 0 Å². The second-order valence-electron chi connectivity index (χ2n) is 8.90. The van der Waals surface area contributed by atoms with Gasteiger partial charge in [-0.25, -0.2) is 9.59 Å². The van der Waals surface area contributed by atoms with Gasteiger partial charge in [0.15, 0.2) is 18.1 Å². The molecule has 1 N–H and O–H groups in total. The number of hydrogen-bond acceptors (Lipinski definition) is 9. The average molecular weight is 502 g/mol. The number of methoxy groups -OCH3 is 2. The molecule has 5 atom stereocenters. The molecule has 0 saturated carbocycles. The van der Waals surface area contributed by atoms with Crippen LogP contribution < -0.4 is 10.1 Å². The highest BCUT2D eigenvalue weighted by Gasteiger charge is 2.58. The number of alkyl carbamates (subject to hydrolysis) is 1. The molecule has 2 aliphatic rings. The minimum absolute atomic E-state index is 0.0369. The number of nitrogens with one attached hydrogen (secondary N) is 1. The third-order valence-corrected chi connectivity index (χ3v) is 5.90. The number of hydrogen-bond donors (Lipinski definition) is 1. The molecule has 0 aliphatic carbocycles. The first-order chi connectivity index (χ1) is 17.3. The van der Waals surface area contributed by atoms with Crippen LogP contribution in [0.15, 0.2) is 54.6 Å². The Morgan fingerprint density at radius 1 is 0.972 bits per heavy atom. The van der Waals surface area contributed by atoms with Gasteiger partial charge in [-0.05, 0) is 37.1 Å². The van der Waals surface area contributed by atoms with Crippen LogP contribution in [-0.2, 0) is 46.4 Å². The number of carbonyl (C=O) groups excluding carboxylic acids is 2. The lowest BCUT2D eigenvalue weighted by molar-refractivity contribution is -0.223. The van der Waals surface area contributed by atoms with Crippen molar-refractivity contribution in [1.29, 1.82) is 0 Å². The summed E-state index contributed by atoms with van der Waals surface area (Å²) in [5, 5.41) is 2.56. The molecule has 194 valence electrons. The predicted octanol–water partition coefficient (Wildman–Crippen LogP) is 2.92. The quantitative estimate of drug-likeness (QED) is 0.519. The molecule has 10 nitrogen and oxygen atoms in total. The molecule has 1 amide bonds. The first-order valence-corrected chi connectivity index (χ1v) is 11.6. The molecule has 2 aliphatic heterocycles. The molecule has 0 aromatic heterocycles. The monoisotopic (exact) mass is 501 g/mol. The van der Waals surface area contributed by atoms with E-state index < -0.39 is 48.5 Å². The van der Waals surface area contributed by atoms with Crippen LogP contribution >= 0.6 is 0 Å². The van der Waals surface area contributed by atoms with Gasteiger partial charge in [0.05, 0.1) is 20.8 Å². The minimum atomic E-state index is -1.22. The second-order valence-corrected chi connectivity index (χ2v) is 8.90. The summed E-state index contributed by atoms with van der Waals surface area (Å²) in [6.07, 6.45) is -3.92. The van der Waals surface area contributed by atoms with E-state index in [0.717, 1.165) is 16.9 Å². The average Bonchev–Trinajstić information content (AvgIpc) is 3.36. The summed E-state index contributed by atoms with van der Waals surface area (Å²) in [6.45, 7) is 3.77. The molecule has 36 heavy (non-hydrogen) atoms. The fraction of sp³-hybridized carbons (Fsp3) is 0.462. The molecule has 2 fully saturated rings. The molecule has 2 aromatic carbocycles. The second kappa shape index (κ2) is 11.3. The molecule has 4 rings (SSSR count). The van der Waals surface area contributed by atoms with Crippen LogP contribution in [0.3, 0.4) is 0 Å². The van der Waals surface area contributed by atoms with Crippen molar-refractivity contribution in [1.82, 2.24) is 5.32 Å². The maximum absolute atomic E-state index is 12.7. The minimum Gasteiger partial charge on any atom is -0.497 e. The summed E-state index contributed by atoms with van der Waals surface area (Å²) >= 11 is 0. The number of benzene rings is 2. The Morgan fingerprint density at radius 3 is 2.33 bits per heavy atom. The van der Waals surface area contributed by atoms with Crippen LogP contribution in [0, 0.1) is 0 Å². The smallest absolute Gasteiger partial charge is 0.408 e. The maximum atomic E-state index is 12.7. The molecular weight excluding hydrogens is 470 g/mol. The van der Waals surface area contributed by atoms with Gasteiger partial charge < -0.3 is 38.5 Å². The Labute approximate surface area is 209 Å². The van der Waals surface area contributed by atoms with Crippen LogP contribution in [0.5, 0.6) is 5.75 Å². The predicted molar refractivity (Wildman–Crippen MR) is 126 cm³/mol. The van der Waals surface area contributed by atoms with Crippen molar-refractivity contribution in [3.63, 3.8) is 0 Å². The molecule has 0 spiro atoms. The van der Waals surface area contributed by atoms with Gasteiger partial charge in [-0.1, -0.05) is 42.5 Å². The number of amides is 1. The van der Waals surface area contributed by atoms with Gasteiger partial charge in [-0.3, -0.25) is 0 Å². The Bertz CT molecular complexity index is 1030. The maximum Gasteiger partial charge on any atom is 0.408 e. The van der Waals surface area contributed by atoms with E-state index in [1.54, 1.807) is 21.0 Å². The van der Waals surface area contributed by atoms with E-state index in [-0.39, 0.29) is 13.2 Å². The standard InChI is InChI=1S/C26H31NO9/c1-26(2)35-22-21(32-14-17-10-12-18(30-3)13-11-17)20(34-24(22)36-26)19(23(28)31-4)27-25(29)33-15-16-8-6-5-7-9-16/h5-13,19-22,24H,14-15H2,1-4H3,(H,27,29)/t19-,20+,21+,22+,24+/m0/s1. The zero-order valence-electron chi connectivity index (χ0n) is 20.7. The van der Waals surface area contributed by atoms with Crippen LogP contribution in [0.2, 0.25) is 0 Å². The van der Waals surface area contributed by atoms with E-state index in [9.17, 15) is 9.59 Å². The number of carbonyl (C=O) groups is 2. The summed E-state index contributed by atoms with van der Waals surface area (Å²) in [4.78, 5) is 25.3. The highest BCUT2D eigenvalue weighted by molar-refractivity contribution is 5.82. The third-order valence-electron chi connectivity index (χ3n) is 5.90. The SMILES string of the molecule is COC(=O)[C@@H](NC(=O)OCc1ccccc1)[C@H]1O[C@@H]2OC(C)(C)O[C@@H]2[C@@H]1OCc1ccc(OC)cc1. The van der Waals surface area contributed by atoms with Gasteiger partial charge in [-0.15, -0.1) is 0 Å². The largest absolute Gasteiger partial charge is 0.497 e. The lowest BCUT2D eigenvalue weighted by Gasteiger charge is -2.30. The van der Waals surface area contributed by atoms with E-state index in [4.69, 9.17) is 33.2 Å². The highest BCUT2D eigenvalue weighted by Crippen LogP contribution is 2.40. The molecule has 2 heterocycles. The van der Waals surface area contributed by atoms with Crippen molar-refractivity contribution >= 4 is 12.1 Å². The molecule has 0 bridgehead atoms. The van der Waals surface area contributed by atoms with Gasteiger partial charge >= 0.3 is 12.1 Å². The van der Waals surface area contributed by atoms with Crippen molar-refractivity contribution < 1.29 is 42.7 Å². The van der Waals surface area contributed by atoms with Crippen LogP contribution in [-0.4, -0.2) is 62.7 Å². The molecule has 0 radical (unpaired) electrons. The first kappa shape index (κ1) is 25.9. The molecule has 2 saturated heterocycles. The Hall–Kier alpha value is -3.18. The highest BCUT2D eigenvalue weighted by atomic mass is 16.8. The summed E-state index contributed by atoms with van der Waals surface area (Å²) in [7, 11) is 2.82. The van der Waals surface area contributed by atoms with Gasteiger partial charge in [0.2, 0.25) is 0 Å². The zero-order valence-corrected chi connectivity index (χ0v) is 20.7. The van der Waals surface area contributed by atoms with Crippen LogP contribution in [0.1, 0.15) is 25.0 Å². The molecular formula is C26H31NO9. The van der Waals surface area contributed by atoms with Gasteiger partial charge in [-0.2, -0.15) is 0 Å². The van der Waals surface area contributed by atoms with E-state index >= 15 is 0 Å².